The Morgan fingerprint density at radius 1 is 1.44 bits per heavy atom. The third kappa shape index (κ3) is 4.39. The maximum atomic E-state index is 11.1. The minimum absolute atomic E-state index is 0. The number of carbonyl (C=O) groups is 1. The summed E-state index contributed by atoms with van der Waals surface area (Å²) in [6.07, 6.45) is 0.300. The van der Waals surface area contributed by atoms with E-state index in [0.29, 0.717) is 18.0 Å². The number of hydrogen-bond donors (Lipinski definition) is 1. The number of esters is 1. The number of halogens is 2. The monoisotopic (exact) mass is 263 g/mol. The molecule has 0 saturated carbocycles. The summed E-state index contributed by atoms with van der Waals surface area (Å²) >= 11 is 5.77. The van der Waals surface area contributed by atoms with Crippen LogP contribution in [0.25, 0.3) is 0 Å². The van der Waals surface area contributed by atoms with Crippen LogP contribution >= 0.6 is 24.0 Å². The zero-order valence-corrected chi connectivity index (χ0v) is 10.6. The molecule has 0 bridgehead atoms. The van der Waals surface area contributed by atoms with Crippen molar-refractivity contribution in [3.63, 3.8) is 0 Å². The molecule has 5 heteroatoms. The SMILES string of the molecule is COC(=O)C[C@@H](CN)c1ccc(Cl)cc1.Cl. The van der Waals surface area contributed by atoms with E-state index in [0.717, 1.165) is 5.56 Å². The van der Waals surface area contributed by atoms with Gasteiger partial charge in [-0.15, -0.1) is 12.4 Å². The molecule has 1 aromatic rings. The van der Waals surface area contributed by atoms with E-state index in [2.05, 4.69) is 4.74 Å². The largest absolute Gasteiger partial charge is 0.469 e. The Kier molecular flexibility index (Phi) is 7.13. The average Bonchev–Trinajstić information content (AvgIpc) is 2.27. The standard InChI is InChI=1S/C11H14ClNO2.ClH/c1-15-11(14)6-9(7-13)8-2-4-10(12)5-3-8;/h2-5,9H,6-7,13H2,1H3;1H/t9-;/m0./s1. The smallest absolute Gasteiger partial charge is 0.306 e. The van der Waals surface area contributed by atoms with Gasteiger partial charge in [0.1, 0.15) is 0 Å². The third-order valence-electron chi connectivity index (χ3n) is 2.27. The van der Waals surface area contributed by atoms with Crippen molar-refractivity contribution in [2.75, 3.05) is 13.7 Å². The fraction of sp³-hybridized carbons (Fsp3) is 0.364. The number of benzene rings is 1. The van der Waals surface area contributed by atoms with E-state index in [-0.39, 0.29) is 24.3 Å². The predicted octanol–water partition coefficient (Wildman–Crippen LogP) is 2.37. The lowest BCUT2D eigenvalue weighted by atomic mass is 9.96. The van der Waals surface area contributed by atoms with E-state index in [9.17, 15) is 4.79 Å². The van der Waals surface area contributed by atoms with Crippen LogP contribution in [0.15, 0.2) is 24.3 Å². The van der Waals surface area contributed by atoms with E-state index in [4.69, 9.17) is 17.3 Å². The summed E-state index contributed by atoms with van der Waals surface area (Å²) in [5.41, 5.74) is 6.61. The summed E-state index contributed by atoms with van der Waals surface area (Å²) in [5.74, 6) is -0.255. The summed E-state index contributed by atoms with van der Waals surface area (Å²) in [4.78, 5) is 11.1. The fourth-order valence-corrected chi connectivity index (χ4v) is 1.48. The number of hydrogen-bond acceptors (Lipinski definition) is 3. The molecular formula is C11H15Cl2NO2. The van der Waals surface area contributed by atoms with Gasteiger partial charge in [-0.1, -0.05) is 23.7 Å². The predicted molar refractivity (Wildman–Crippen MR) is 67.1 cm³/mol. The molecule has 0 amide bonds. The van der Waals surface area contributed by atoms with Crippen molar-refractivity contribution >= 4 is 30.0 Å². The molecule has 0 aliphatic carbocycles. The van der Waals surface area contributed by atoms with E-state index in [1.54, 1.807) is 12.1 Å². The van der Waals surface area contributed by atoms with Crippen molar-refractivity contribution in [3.05, 3.63) is 34.9 Å². The Hall–Kier alpha value is -0.770. The van der Waals surface area contributed by atoms with Crippen LogP contribution in [0.2, 0.25) is 5.02 Å². The van der Waals surface area contributed by atoms with Crippen molar-refractivity contribution in [1.29, 1.82) is 0 Å². The van der Waals surface area contributed by atoms with Crippen molar-refractivity contribution in [3.8, 4) is 0 Å². The fourth-order valence-electron chi connectivity index (χ4n) is 1.36. The van der Waals surface area contributed by atoms with Gasteiger partial charge in [-0.25, -0.2) is 0 Å². The molecule has 0 radical (unpaired) electrons. The molecule has 1 rings (SSSR count). The zero-order valence-electron chi connectivity index (χ0n) is 8.98. The third-order valence-corrected chi connectivity index (χ3v) is 2.52. The second-order valence-electron chi connectivity index (χ2n) is 3.26. The highest BCUT2D eigenvalue weighted by molar-refractivity contribution is 6.30. The molecule has 0 spiro atoms. The van der Waals surface area contributed by atoms with Crippen LogP contribution in [0.5, 0.6) is 0 Å². The lowest BCUT2D eigenvalue weighted by Crippen LogP contribution is -2.17. The molecule has 1 atom stereocenters. The zero-order chi connectivity index (χ0) is 11.3. The molecule has 3 nitrogen and oxygen atoms in total. The van der Waals surface area contributed by atoms with Crippen LogP contribution in [-0.4, -0.2) is 19.6 Å². The normalized spacial score (nSPS) is 11.4. The first-order chi connectivity index (χ1) is 7.17. The average molecular weight is 264 g/mol. The number of ether oxygens (including phenoxy) is 1. The summed E-state index contributed by atoms with van der Waals surface area (Å²) in [6, 6.07) is 7.33. The summed E-state index contributed by atoms with van der Waals surface area (Å²) < 4.78 is 4.61. The van der Waals surface area contributed by atoms with Crippen LogP contribution < -0.4 is 5.73 Å². The lowest BCUT2D eigenvalue weighted by Gasteiger charge is -2.13. The van der Waals surface area contributed by atoms with Gasteiger partial charge < -0.3 is 10.5 Å². The Bertz CT molecular complexity index is 327. The molecule has 0 fully saturated rings. The molecule has 0 aliphatic rings. The summed E-state index contributed by atoms with van der Waals surface area (Å²) in [5, 5.41) is 0.674. The Balaban J connectivity index is 0.00000225. The Morgan fingerprint density at radius 2 is 2.00 bits per heavy atom. The van der Waals surface area contributed by atoms with E-state index >= 15 is 0 Å². The molecule has 0 unspecified atom stereocenters. The van der Waals surface area contributed by atoms with Crippen LogP contribution in [0.3, 0.4) is 0 Å². The molecular weight excluding hydrogens is 249 g/mol. The van der Waals surface area contributed by atoms with Crippen molar-refractivity contribution in [2.45, 2.75) is 12.3 Å². The van der Waals surface area contributed by atoms with Gasteiger partial charge in [0.05, 0.1) is 13.5 Å². The first kappa shape index (κ1) is 15.2. The summed E-state index contributed by atoms with van der Waals surface area (Å²) in [7, 11) is 1.37. The van der Waals surface area contributed by atoms with Gasteiger partial charge in [-0.3, -0.25) is 4.79 Å². The van der Waals surface area contributed by atoms with E-state index < -0.39 is 0 Å². The highest BCUT2D eigenvalue weighted by atomic mass is 35.5. The summed E-state index contributed by atoms with van der Waals surface area (Å²) in [6.45, 7) is 0.413. The van der Waals surface area contributed by atoms with E-state index in [1.807, 2.05) is 12.1 Å². The molecule has 16 heavy (non-hydrogen) atoms. The number of methoxy groups -OCH3 is 1. The Morgan fingerprint density at radius 3 is 2.44 bits per heavy atom. The number of carbonyl (C=O) groups excluding carboxylic acids is 1. The first-order valence-electron chi connectivity index (χ1n) is 4.69. The van der Waals surface area contributed by atoms with Crippen LogP contribution in [0.4, 0.5) is 0 Å². The first-order valence-corrected chi connectivity index (χ1v) is 5.07. The van der Waals surface area contributed by atoms with Crippen molar-refractivity contribution < 1.29 is 9.53 Å². The van der Waals surface area contributed by atoms with Gasteiger partial charge >= 0.3 is 5.97 Å². The van der Waals surface area contributed by atoms with Crippen LogP contribution in [0.1, 0.15) is 17.9 Å². The topological polar surface area (TPSA) is 52.3 Å². The molecule has 0 aromatic heterocycles. The van der Waals surface area contributed by atoms with Gasteiger partial charge in [0.2, 0.25) is 0 Å². The quantitative estimate of drug-likeness (QED) is 0.849. The van der Waals surface area contributed by atoms with E-state index in [1.165, 1.54) is 7.11 Å². The molecule has 0 aliphatic heterocycles. The maximum Gasteiger partial charge on any atom is 0.306 e. The number of rotatable bonds is 4. The minimum Gasteiger partial charge on any atom is -0.469 e. The highest BCUT2D eigenvalue weighted by Crippen LogP contribution is 2.20. The highest BCUT2D eigenvalue weighted by Gasteiger charge is 2.14. The molecule has 0 saturated heterocycles. The second kappa shape index (κ2) is 7.49. The van der Waals surface area contributed by atoms with Gasteiger partial charge in [-0.2, -0.15) is 0 Å². The molecule has 0 heterocycles. The molecule has 2 N–H and O–H groups in total. The number of nitrogens with two attached hydrogens (primary N) is 1. The van der Waals surface area contributed by atoms with Gasteiger partial charge in [-0.05, 0) is 24.2 Å². The second-order valence-corrected chi connectivity index (χ2v) is 3.70. The lowest BCUT2D eigenvalue weighted by molar-refractivity contribution is -0.141. The van der Waals surface area contributed by atoms with Crippen LogP contribution in [0, 0.1) is 0 Å². The minimum atomic E-state index is -0.250. The molecule has 90 valence electrons. The molecule has 1 aromatic carbocycles. The van der Waals surface area contributed by atoms with Gasteiger partial charge in [0.25, 0.3) is 0 Å². The maximum absolute atomic E-state index is 11.1. The Labute approximate surface area is 106 Å². The van der Waals surface area contributed by atoms with Gasteiger partial charge in [0, 0.05) is 10.9 Å². The van der Waals surface area contributed by atoms with Gasteiger partial charge in [0.15, 0.2) is 0 Å². The van der Waals surface area contributed by atoms with Crippen molar-refractivity contribution in [2.24, 2.45) is 5.73 Å². The van der Waals surface area contributed by atoms with Crippen molar-refractivity contribution in [1.82, 2.24) is 0 Å². The van der Waals surface area contributed by atoms with Crippen LogP contribution in [-0.2, 0) is 9.53 Å².